The normalized spacial score (nSPS) is 27.8. The number of hydrogen-bond donors (Lipinski definition) is 2. The molecule has 1 heterocycles. The van der Waals surface area contributed by atoms with E-state index in [2.05, 4.69) is 35.8 Å². The molecular formula is C18H26N2O. The van der Waals surface area contributed by atoms with Crippen LogP contribution in [-0.4, -0.2) is 19.0 Å². The highest BCUT2D eigenvalue weighted by atomic mass is 16.1. The lowest BCUT2D eigenvalue weighted by Crippen LogP contribution is -2.32. The zero-order chi connectivity index (χ0) is 14.7. The molecule has 2 aliphatic rings. The molecular weight excluding hydrogens is 260 g/mol. The summed E-state index contributed by atoms with van der Waals surface area (Å²) in [5.74, 6) is 2.10. The molecule has 2 N–H and O–H groups in total. The first kappa shape index (κ1) is 14.4. The summed E-state index contributed by atoms with van der Waals surface area (Å²) < 4.78 is 0. The summed E-state index contributed by atoms with van der Waals surface area (Å²) >= 11 is 0. The lowest BCUT2D eigenvalue weighted by atomic mass is 9.83. The molecule has 1 aliphatic heterocycles. The fourth-order valence-corrected chi connectivity index (χ4v) is 3.63. The van der Waals surface area contributed by atoms with Crippen LogP contribution in [0.2, 0.25) is 0 Å². The van der Waals surface area contributed by atoms with E-state index >= 15 is 0 Å². The van der Waals surface area contributed by atoms with Crippen molar-refractivity contribution in [1.29, 1.82) is 0 Å². The van der Waals surface area contributed by atoms with Crippen LogP contribution in [-0.2, 0) is 4.79 Å². The SMILES string of the molecule is CC1CCC(CNC(=O)CC2CNc3ccccc32)CC1. The van der Waals surface area contributed by atoms with Crippen LogP contribution in [0.5, 0.6) is 0 Å². The topological polar surface area (TPSA) is 41.1 Å². The van der Waals surface area contributed by atoms with Gasteiger partial charge in [0, 0.05) is 31.1 Å². The van der Waals surface area contributed by atoms with Crippen LogP contribution in [0.25, 0.3) is 0 Å². The van der Waals surface area contributed by atoms with Gasteiger partial charge in [0.25, 0.3) is 0 Å². The van der Waals surface area contributed by atoms with Gasteiger partial charge < -0.3 is 10.6 Å². The molecule has 21 heavy (non-hydrogen) atoms. The predicted octanol–water partition coefficient (Wildman–Crippen LogP) is 3.53. The summed E-state index contributed by atoms with van der Waals surface area (Å²) in [5.41, 5.74) is 2.48. The Kier molecular flexibility index (Phi) is 4.47. The molecule has 3 nitrogen and oxygen atoms in total. The highest BCUT2D eigenvalue weighted by Gasteiger charge is 2.24. The first-order valence-corrected chi connectivity index (χ1v) is 8.32. The number of rotatable bonds is 4. The number of para-hydroxylation sites is 1. The number of amides is 1. The number of benzene rings is 1. The van der Waals surface area contributed by atoms with Gasteiger partial charge in [-0.1, -0.05) is 38.0 Å². The van der Waals surface area contributed by atoms with Crippen LogP contribution >= 0.6 is 0 Å². The summed E-state index contributed by atoms with van der Waals surface area (Å²) in [6.45, 7) is 4.08. The summed E-state index contributed by atoms with van der Waals surface area (Å²) in [7, 11) is 0. The molecule has 0 aromatic heterocycles. The molecule has 3 heteroatoms. The van der Waals surface area contributed by atoms with Gasteiger partial charge in [-0.2, -0.15) is 0 Å². The fraction of sp³-hybridized carbons (Fsp3) is 0.611. The van der Waals surface area contributed by atoms with E-state index in [1.165, 1.54) is 36.9 Å². The summed E-state index contributed by atoms with van der Waals surface area (Å²) in [6, 6.07) is 8.32. The monoisotopic (exact) mass is 286 g/mol. The van der Waals surface area contributed by atoms with Gasteiger partial charge in [0.2, 0.25) is 5.91 Å². The number of carbonyl (C=O) groups is 1. The summed E-state index contributed by atoms with van der Waals surface area (Å²) in [6.07, 6.45) is 5.79. The molecule has 114 valence electrons. The molecule has 1 fully saturated rings. The number of carbonyl (C=O) groups excluding carboxylic acids is 1. The van der Waals surface area contributed by atoms with Gasteiger partial charge in [-0.05, 0) is 36.3 Å². The minimum absolute atomic E-state index is 0.206. The van der Waals surface area contributed by atoms with Crippen LogP contribution in [0.1, 0.15) is 50.5 Å². The molecule has 1 amide bonds. The molecule has 0 saturated heterocycles. The molecule has 1 aromatic carbocycles. The Morgan fingerprint density at radius 1 is 1.24 bits per heavy atom. The Morgan fingerprint density at radius 2 is 2.00 bits per heavy atom. The second-order valence-electron chi connectivity index (χ2n) is 6.80. The number of hydrogen-bond acceptors (Lipinski definition) is 2. The minimum Gasteiger partial charge on any atom is -0.384 e. The van der Waals surface area contributed by atoms with Gasteiger partial charge in [-0.15, -0.1) is 0 Å². The average molecular weight is 286 g/mol. The van der Waals surface area contributed by atoms with Crippen molar-refractivity contribution in [2.45, 2.75) is 44.9 Å². The first-order valence-electron chi connectivity index (χ1n) is 8.32. The van der Waals surface area contributed by atoms with Gasteiger partial charge in [-0.3, -0.25) is 4.79 Å². The van der Waals surface area contributed by atoms with E-state index in [0.717, 1.165) is 19.0 Å². The van der Waals surface area contributed by atoms with Gasteiger partial charge >= 0.3 is 0 Å². The summed E-state index contributed by atoms with van der Waals surface area (Å²) in [5, 5.41) is 6.54. The van der Waals surface area contributed by atoms with Crippen molar-refractivity contribution in [2.24, 2.45) is 11.8 Å². The maximum atomic E-state index is 12.2. The Bertz CT molecular complexity index is 492. The number of anilines is 1. The molecule has 0 radical (unpaired) electrons. The average Bonchev–Trinajstić information content (AvgIpc) is 2.90. The second-order valence-corrected chi connectivity index (χ2v) is 6.80. The maximum absolute atomic E-state index is 12.2. The molecule has 1 atom stereocenters. The minimum atomic E-state index is 0.206. The Morgan fingerprint density at radius 3 is 2.81 bits per heavy atom. The first-order chi connectivity index (χ1) is 10.2. The third-order valence-corrected chi connectivity index (χ3v) is 5.09. The molecule has 1 saturated carbocycles. The van der Waals surface area contributed by atoms with E-state index < -0.39 is 0 Å². The van der Waals surface area contributed by atoms with Crippen LogP contribution in [0.4, 0.5) is 5.69 Å². The summed E-state index contributed by atoms with van der Waals surface area (Å²) in [4.78, 5) is 12.2. The van der Waals surface area contributed by atoms with E-state index in [9.17, 15) is 4.79 Å². The van der Waals surface area contributed by atoms with Crippen molar-refractivity contribution < 1.29 is 4.79 Å². The maximum Gasteiger partial charge on any atom is 0.220 e. The van der Waals surface area contributed by atoms with E-state index in [4.69, 9.17) is 0 Å². The molecule has 1 aliphatic carbocycles. The van der Waals surface area contributed by atoms with Crippen molar-refractivity contribution >= 4 is 11.6 Å². The largest absolute Gasteiger partial charge is 0.384 e. The van der Waals surface area contributed by atoms with Crippen molar-refractivity contribution in [3.05, 3.63) is 29.8 Å². The second kappa shape index (κ2) is 6.50. The highest BCUT2D eigenvalue weighted by Crippen LogP contribution is 2.33. The van der Waals surface area contributed by atoms with E-state index in [1.807, 2.05) is 6.07 Å². The van der Waals surface area contributed by atoms with Gasteiger partial charge in [0.05, 0.1) is 0 Å². The van der Waals surface area contributed by atoms with Crippen molar-refractivity contribution in [1.82, 2.24) is 5.32 Å². The van der Waals surface area contributed by atoms with Gasteiger partial charge in [0.1, 0.15) is 0 Å². The zero-order valence-electron chi connectivity index (χ0n) is 12.9. The zero-order valence-corrected chi connectivity index (χ0v) is 12.9. The number of fused-ring (bicyclic) bond motifs is 1. The van der Waals surface area contributed by atoms with Gasteiger partial charge in [0.15, 0.2) is 0 Å². The molecule has 3 rings (SSSR count). The lowest BCUT2D eigenvalue weighted by molar-refractivity contribution is -0.121. The lowest BCUT2D eigenvalue weighted by Gasteiger charge is -2.26. The smallest absolute Gasteiger partial charge is 0.220 e. The molecule has 1 unspecified atom stereocenters. The Labute approximate surface area is 127 Å². The fourth-order valence-electron chi connectivity index (χ4n) is 3.63. The molecule has 1 aromatic rings. The third-order valence-electron chi connectivity index (χ3n) is 5.09. The van der Waals surface area contributed by atoms with Crippen molar-refractivity contribution in [3.8, 4) is 0 Å². The van der Waals surface area contributed by atoms with E-state index in [1.54, 1.807) is 0 Å². The Balaban J connectivity index is 1.45. The third kappa shape index (κ3) is 3.58. The van der Waals surface area contributed by atoms with Crippen LogP contribution in [0.3, 0.4) is 0 Å². The van der Waals surface area contributed by atoms with Crippen molar-refractivity contribution in [3.63, 3.8) is 0 Å². The van der Waals surface area contributed by atoms with Gasteiger partial charge in [-0.25, -0.2) is 0 Å². The molecule has 0 bridgehead atoms. The Hall–Kier alpha value is -1.51. The van der Waals surface area contributed by atoms with E-state index in [-0.39, 0.29) is 5.91 Å². The highest BCUT2D eigenvalue weighted by molar-refractivity contribution is 5.78. The van der Waals surface area contributed by atoms with Crippen LogP contribution in [0, 0.1) is 11.8 Å². The van der Waals surface area contributed by atoms with Crippen molar-refractivity contribution in [2.75, 3.05) is 18.4 Å². The predicted molar refractivity (Wildman–Crippen MR) is 86.4 cm³/mol. The quantitative estimate of drug-likeness (QED) is 0.889. The number of nitrogens with one attached hydrogen (secondary N) is 2. The van der Waals surface area contributed by atoms with E-state index in [0.29, 0.717) is 18.3 Å². The standard InChI is InChI=1S/C18H26N2O/c1-13-6-8-14(9-7-13)11-20-18(21)10-15-12-19-17-5-3-2-4-16(15)17/h2-5,13-15,19H,6-12H2,1H3,(H,20,21). The van der Waals surface area contributed by atoms with Crippen LogP contribution in [0.15, 0.2) is 24.3 Å². The molecule has 0 spiro atoms. The van der Waals surface area contributed by atoms with Crippen LogP contribution < -0.4 is 10.6 Å².